The summed E-state index contributed by atoms with van der Waals surface area (Å²) in [5.41, 5.74) is 2.90. The zero-order chi connectivity index (χ0) is 10.1. The molecule has 1 heterocycles. The number of nitrogens with one attached hydrogen (secondary N) is 2. The highest BCUT2D eigenvalue weighted by molar-refractivity contribution is 6.20. The molecule has 0 aliphatic heterocycles. The van der Waals surface area contributed by atoms with Gasteiger partial charge in [-0.1, -0.05) is 6.07 Å². The molecule has 0 bridgehead atoms. The number of halogens is 1. The van der Waals surface area contributed by atoms with Crippen molar-refractivity contribution in [3.8, 4) is 0 Å². The van der Waals surface area contributed by atoms with Gasteiger partial charge in [-0.25, -0.2) is 4.98 Å². The van der Waals surface area contributed by atoms with E-state index in [0.717, 1.165) is 22.4 Å². The van der Waals surface area contributed by atoms with Crippen molar-refractivity contribution in [2.45, 2.75) is 12.4 Å². The summed E-state index contributed by atoms with van der Waals surface area (Å²) in [7, 11) is 1.83. The van der Waals surface area contributed by atoms with Gasteiger partial charge in [-0.3, -0.25) is 0 Å². The number of fused-ring (bicyclic) bond motifs is 1. The SMILES string of the molecule is CNC(Cl)c1ccc2nc(C)[nH]c2c1. The lowest BCUT2D eigenvalue weighted by molar-refractivity contribution is 0.784. The minimum Gasteiger partial charge on any atom is -0.342 e. The van der Waals surface area contributed by atoms with E-state index in [9.17, 15) is 0 Å². The molecule has 4 heteroatoms. The van der Waals surface area contributed by atoms with Crippen molar-refractivity contribution in [3.05, 3.63) is 29.6 Å². The highest BCUT2D eigenvalue weighted by Crippen LogP contribution is 2.21. The first-order valence-corrected chi connectivity index (χ1v) is 4.92. The van der Waals surface area contributed by atoms with Crippen LogP contribution in [-0.2, 0) is 0 Å². The van der Waals surface area contributed by atoms with Gasteiger partial charge in [0.1, 0.15) is 11.3 Å². The highest BCUT2D eigenvalue weighted by atomic mass is 35.5. The maximum atomic E-state index is 6.05. The van der Waals surface area contributed by atoms with Crippen LogP contribution in [0.2, 0.25) is 0 Å². The quantitative estimate of drug-likeness (QED) is 0.589. The molecule has 14 heavy (non-hydrogen) atoms. The van der Waals surface area contributed by atoms with E-state index in [4.69, 9.17) is 11.6 Å². The molecule has 0 aliphatic rings. The van der Waals surface area contributed by atoms with Gasteiger partial charge in [-0.2, -0.15) is 0 Å². The van der Waals surface area contributed by atoms with Crippen LogP contribution in [0, 0.1) is 6.92 Å². The fourth-order valence-corrected chi connectivity index (χ4v) is 1.61. The summed E-state index contributed by atoms with van der Waals surface area (Å²) in [5, 5.41) is 2.98. The Bertz CT molecular complexity index is 450. The molecule has 74 valence electrons. The molecule has 2 rings (SSSR count). The monoisotopic (exact) mass is 209 g/mol. The first-order chi connectivity index (χ1) is 6.70. The summed E-state index contributed by atoms with van der Waals surface area (Å²) in [5.74, 6) is 0.924. The van der Waals surface area contributed by atoms with E-state index in [2.05, 4.69) is 15.3 Å². The second-order valence-electron chi connectivity index (χ2n) is 3.25. The summed E-state index contributed by atoms with van der Waals surface area (Å²) >= 11 is 6.05. The van der Waals surface area contributed by atoms with Gasteiger partial charge in [0, 0.05) is 0 Å². The molecule has 1 atom stereocenters. The van der Waals surface area contributed by atoms with Gasteiger partial charge in [0.05, 0.1) is 11.0 Å². The van der Waals surface area contributed by atoms with Crippen molar-refractivity contribution in [2.24, 2.45) is 0 Å². The molecule has 3 nitrogen and oxygen atoms in total. The summed E-state index contributed by atoms with van der Waals surface area (Å²) in [4.78, 5) is 7.50. The molecular formula is C10H12ClN3. The average molecular weight is 210 g/mol. The zero-order valence-corrected chi connectivity index (χ0v) is 8.89. The minimum atomic E-state index is -0.150. The first-order valence-electron chi connectivity index (χ1n) is 4.48. The number of imidazole rings is 1. The minimum absolute atomic E-state index is 0.150. The Hall–Kier alpha value is -1.06. The van der Waals surface area contributed by atoms with Gasteiger partial charge in [-0.05, 0) is 31.7 Å². The second-order valence-corrected chi connectivity index (χ2v) is 3.69. The number of aromatic amines is 1. The fourth-order valence-electron chi connectivity index (χ4n) is 1.48. The second kappa shape index (κ2) is 3.59. The van der Waals surface area contributed by atoms with Crippen LogP contribution in [0.3, 0.4) is 0 Å². The van der Waals surface area contributed by atoms with Crippen molar-refractivity contribution in [2.75, 3.05) is 7.05 Å². The van der Waals surface area contributed by atoms with Gasteiger partial charge in [0.15, 0.2) is 0 Å². The number of aromatic nitrogens is 2. The Labute approximate surface area is 87.5 Å². The molecular weight excluding hydrogens is 198 g/mol. The Kier molecular flexibility index (Phi) is 2.44. The van der Waals surface area contributed by atoms with Crippen LogP contribution in [0.25, 0.3) is 11.0 Å². The van der Waals surface area contributed by atoms with Gasteiger partial charge in [0.25, 0.3) is 0 Å². The molecule has 1 unspecified atom stereocenters. The lowest BCUT2D eigenvalue weighted by Gasteiger charge is -2.07. The van der Waals surface area contributed by atoms with Crippen molar-refractivity contribution in [3.63, 3.8) is 0 Å². The third-order valence-electron chi connectivity index (χ3n) is 2.17. The molecule has 0 saturated heterocycles. The number of hydrogen-bond acceptors (Lipinski definition) is 2. The third-order valence-corrected chi connectivity index (χ3v) is 2.64. The van der Waals surface area contributed by atoms with Crippen molar-refractivity contribution < 1.29 is 0 Å². The molecule has 0 aliphatic carbocycles. The Morgan fingerprint density at radius 2 is 2.29 bits per heavy atom. The zero-order valence-electron chi connectivity index (χ0n) is 8.13. The maximum Gasteiger partial charge on any atom is 0.108 e. The van der Waals surface area contributed by atoms with E-state index in [1.54, 1.807) is 0 Å². The first kappa shape index (κ1) is 9.49. The van der Waals surface area contributed by atoms with Crippen LogP contribution >= 0.6 is 11.6 Å². The van der Waals surface area contributed by atoms with Crippen LogP contribution in [0.4, 0.5) is 0 Å². The number of benzene rings is 1. The number of hydrogen-bond donors (Lipinski definition) is 2. The van der Waals surface area contributed by atoms with Crippen LogP contribution in [0.15, 0.2) is 18.2 Å². The van der Waals surface area contributed by atoms with E-state index in [1.807, 2.05) is 32.2 Å². The van der Waals surface area contributed by atoms with Crippen LogP contribution in [0.1, 0.15) is 16.9 Å². The molecule has 0 amide bonds. The molecule has 0 fully saturated rings. The summed E-state index contributed by atoms with van der Waals surface area (Å²) in [6, 6.07) is 5.97. The molecule has 1 aromatic heterocycles. The fraction of sp³-hybridized carbons (Fsp3) is 0.300. The third kappa shape index (κ3) is 1.61. The molecule has 2 N–H and O–H groups in total. The largest absolute Gasteiger partial charge is 0.342 e. The number of rotatable bonds is 2. The Morgan fingerprint density at radius 3 is 3.00 bits per heavy atom. The topological polar surface area (TPSA) is 40.7 Å². The van der Waals surface area contributed by atoms with Crippen LogP contribution in [0.5, 0.6) is 0 Å². The average Bonchev–Trinajstić information content (AvgIpc) is 2.55. The molecule has 0 radical (unpaired) electrons. The van der Waals surface area contributed by atoms with E-state index in [1.165, 1.54) is 0 Å². The summed E-state index contributed by atoms with van der Waals surface area (Å²) < 4.78 is 0. The lowest BCUT2D eigenvalue weighted by Crippen LogP contribution is -2.09. The Balaban J connectivity index is 2.50. The number of H-pyrrole nitrogens is 1. The van der Waals surface area contributed by atoms with E-state index < -0.39 is 0 Å². The van der Waals surface area contributed by atoms with Gasteiger partial charge >= 0.3 is 0 Å². The summed E-state index contributed by atoms with van der Waals surface area (Å²) in [6.45, 7) is 1.94. The molecule has 0 spiro atoms. The van der Waals surface area contributed by atoms with Crippen molar-refractivity contribution in [1.29, 1.82) is 0 Å². The van der Waals surface area contributed by atoms with Crippen LogP contribution < -0.4 is 5.32 Å². The normalized spacial score (nSPS) is 13.4. The van der Waals surface area contributed by atoms with E-state index in [-0.39, 0.29) is 5.50 Å². The predicted molar refractivity (Wildman–Crippen MR) is 58.5 cm³/mol. The van der Waals surface area contributed by atoms with Gasteiger partial charge in [0.2, 0.25) is 0 Å². The highest BCUT2D eigenvalue weighted by Gasteiger charge is 2.06. The molecule has 1 aromatic carbocycles. The molecule has 0 saturated carbocycles. The Morgan fingerprint density at radius 1 is 1.50 bits per heavy atom. The number of alkyl halides is 1. The van der Waals surface area contributed by atoms with Gasteiger partial charge in [-0.15, -0.1) is 11.6 Å². The summed E-state index contributed by atoms with van der Waals surface area (Å²) in [6.07, 6.45) is 0. The predicted octanol–water partition coefficient (Wildman–Crippen LogP) is 2.33. The molecule has 2 aromatic rings. The standard InChI is InChI=1S/C10H12ClN3/c1-6-13-8-4-3-7(10(11)12-2)5-9(8)14-6/h3-5,10,12H,1-2H3,(H,13,14). The van der Waals surface area contributed by atoms with Gasteiger partial charge < -0.3 is 10.3 Å². The van der Waals surface area contributed by atoms with E-state index in [0.29, 0.717) is 0 Å². The number of aryl methyl sites for hydroxylation is 1. The van der Waals surface area contributed by atoms with Crippen LogP contribution in [-0.4, -0.2) is 17.0 Å². The lowest BCUT2D eigenvalue weighted by atomic mass is 10.2. The smallest absolute Gasteiger partial charge is 0.108 e. The maximum absolute atomic E-state index is 6.05. The number of nitrogens with zero attached hydrogens (tertiary/aromatic N) is 1. The van der Waals surface area contributed by atoms with Crippen molar-refractivity contribution >= 4 is 22.6 Å². The van der Waals surface area contributed by atoms with Crippen molar-refractivity contribution in [1.82, 2.24) is 15.3 Å². The van der Waals surface area contributed by atoms with E-state index >= 15 is 0 Å².